The van der Waals surface area contributed by atoms with Crippen molar-refractivity contribution >= 4 is 45.7 Å². The molecule has 1 aromatic carbocycles. The van der Waals surface area contributed by atoms with Gasteiger partial charge in [0.1, 0.15) is 5.82 Å². The van der Waals surface area contributed by atoms with Crippen LogP contribution in [0.3, 0.4) is 0 Å². The molecule has 0 amide bonds. The van der Waals surface area contributed by atoms with Gasteiger partial charge in [-0.25, -0.2) is 4.39 Å². The van der Waals surface area contributed by atoms with E-state index in [0.717, 1.165) is 30.3 Å². The lowest BCUT2D eigenvalue weighted by Gasteiger charge is -2.29. The first-order valence-electron chi connectivity index (χ1n) is 4.75. The second-order valence-corrected chi connectivity index (χ2v) is 5.81. The fraction of sp³-hybridized carbons (Fsp3) is 0.400. The van der Waals surface area contributed by atoms with Gasteiger partial charge in [-0.3, -0.25) is 0 Å². The molecule has 1 aliphatic heterocycles. The van der Waals surface area contributed by atoms with Crippen molar-refractivity contribution in [2.24, 2.45) is 0 Å². The van der Waals surface area contributed by atoms with Gasteiger partial charge < -0.3 is 10.6 Å². The smallest absolute Gasteiger partial charge is 0.138 e. The Morgan fingerprint density at radius 3 is 2.67 bits per heavy atom. The molecule has 0 atom stereocenters. The van der Waals surface area contributed by atoms with Gasteiger partial charge in [0.05, 0.1) is 14.9 Å². The third-order valence-corrected chi connectivity index (χ3v) is 4.19. The number of benzene rings is 1. The van der Waals surface area contributed by atoms with Crippen molar-refractivity contribution in [3.63, 3.8) is 0 Å². The second-order valence-electron chi connectivity index (χ2n) is 3.42. The molecule has 0 radical (unpaired) electrons. The summed E-state index contributed by atoms with van der Waals surface area (Å²) in [5.41, 5.74) is 7.42. The highest BCUT2D eigenvalue weighted by Gasteiger charge is 2.15. The highest BCUT2D eigenvalue weighted by atomic mass is 127. The number of rotatable bonds is 1. The van der Waals surface area contributed by atoms with Gasteiger partial charge in [-0.15, -0.1) is 0 Å². The third-order valence-electron chi connectivity index (χ3n) is 2.42. The average Bonchev–Trinajstić information content (AvgIpc) is 2.25. The summed E-state index contributed by atoms with van der Waals surface area (Å²) in [6.07, 6.45) is 0. The number of nitrogen functional groups attached to an aromatic ring is 1. The van der Waals surface area contributed by atoms with Crippen LogP contribution in [0.2, 0.25) is 0 Å². The summed E-state index contributed by atoms with van der Waals surface area (Å²) in [6.45, 7) is 1.91. The largest absolute Gasteiger partial charge is 0.397 e. The van der Waals surface area contributed by atoms with Gasteiger partial charge >= 0.3 is 0 Å². The number of halogens is 2. The van der Waals surface area contributed by atoms with Crippen LogP contribution in [0, 0.1) is 9.39 Å². The molecular formula is C10H12FIN2S. The lowest BCUT2D eigenvalue weighted by atomic mass is 10.2. The zero-order chi connectivity index (χ0) is 10.8. The Morgan fingerprint density at radius 2 is 2.00 bits per heavy atom. The Morgan fingerprint density at radius 1 is 1.33 bits per heavy atom. The molecule has 0 spiro atoms. The van der Waals surface area contributed by atoms with E-state index in [1.807, 2.05) is 34.4 Å². The van der Waals surface area contributed by atoms with Crippen molar-refractivity contribution in [3.8, 4) is 0 Å². The van der Waals surface area contributed by atoms with Gasteiger partial charge in [0, 0.05) is 30.7 Å². The van der Waals surface area contributed by atoms with Crippen molar-refractivity contribution in [1.82, 2.24) is 0 Å². The normalized spacial score (nSPS) is 16.8. The van der Waals surface area contributed by atoms with Crippen LogP contribution in [0.1, 0.15) is 0 Å². The van der Waals surface area contributed by atoms with Gasteiger partial charge in [0.25, 0.3) is 0 Å². The molecule has 82 valence electrons. The van der Waals surface area contributed by atoms with E-state index < -0.39 is 0 Å². The molecule has 0 aliphatic carbocycles. The Bertz CT molecular complexity index is 367. The van der Waals surface area contributed by atoms with Crippen LogP contribution in [0.5, 0.6) is 0 Å². The van der Waals surface area contributed by atoms with Crippen LogP contribution >= 0.6 is 34.4 Å². The quantitative estimate of drug-likeness (QED) is 0.630. The van der Waals surface area contributed by atoms with Crippen LogP contribution in [0.25, 0.3) is 0 Å². The van der Waals surface area contributed by atoms with Gasteiger partial charge in [0.2, 0.25) is 0 Å². The molecule has 1 saturated heterocycles. The monoisotopic (exact) mass is 338 g/mol. The van der Waals surface area contributed by atoms with Crippen molar-refractivity contribution in [2.45, 2.75) is 0 Å². The summed E-state index contributed by atoms with van der Waals surface area (Å²) >= 11 is 3.89. The maximum absolute atomic E-state index is 13.4. The molecule has 2 rings (SSSR count). The number of nitrogens with two attached hydrogens (primary N) is 1. The van der Waals surface area contributed by atoms with E-state index in [1.165, 1.54) is 0 Å². The molecule has 15 heavy (non-hydrogen) atoms. The van der Waals surface area contributed by atoms with E-state index in [2.05, 4.69) is 4.90 Å². The molecule has 1 aromatic rings. The second kappa shape index (κ2) is 4.78. The summed E-state index contributed by atoms with van der Waals surface area (Å²) in [5.74, 6) is 2.00. The SMILES string of the molecule is Nc1cc(I)c(F)cc1N1CCSCC1. The predicted octanol–water partition coefficient (Wildman–Crippen LogP) is 2.57. The van der Waals surface area contributed by atoms with Crippen molar-refractivity contribution in [1.29, 1.82) is 0 Å². The molecule has 1 fully saturated rings. The van der Waals surface area contributed by atoms with Crippen molar-refractivity contribution in [3.05, 3.63) is 21.5 Å². The number of hydrogen-bond donors (Lipinski definition) is 1. The number of thioether (sulfide) groups is 1. The summed E-state index contributed by atoms with van der Waals surface area (Å²) in [4.78, 5) is 2.16. The fourth-order valence-electron chi connectivity index (χ4n) is 1.63. The highest BCUT2D eigenvalue weighted by molar-refractivity contribution is 14.1. The molecule has 0 bridgehead atoms. The van der Waals surface area contributed by atoms with Gasteiger partial charge in [0.15, 0.2) is 0 Å². The van der Waals surface area contributed by atoms with Crippen molar-refractivity contribution in [2.75, 3.05) is 35.2 Å². The topological polar surface area (TPSA) is 29.3 Å². The Labute approximate surface area is 107 Å². The molecule has 2 nitrogen and oxygen atoms in total. The Hall–Kier alpha value is -0.170. The van der Waals surface area contributed by atoms with Gasteiger partial charge in [-0.2, -0.15) is 11.8 Å². The van der Waals surface area contributed by atoms with Crippen molar-refractivity contribution < 1.29 is 4.39 Å². The van der Waals surface area contributed by atoms with E-state index >= 15 is 0 Å². The zero-order valence-corrected chi connectivity index (χ0v) is 11.1. The maximum Gasteiger partial charge on any atom is 0.138 e. The van der Waals surface area contributed by atoms with Crippen LogP contribution in [0.15, 0.2) is 12.1 Å². The summed E-state index contributed by atoms with van der Waals surface area (Å²) in [7, 11) is 0. The van der Waals surface area contributed by atoms with E-state index in [4.69, 9.17) is 5.73 Å². The number of nitrogens with zero attached hydrogens (tertiary/aromatic N) is 1. The van der Waals surface area contributed by atoms with Crippen LogP contribution < -0.4 is 10.6 Å². The van der Waals surface area contributed by atoms with Gasteiger partial charge in [-0.1, -0.05) is 0 Å². The standard InChI is InChI=1S/C10H12FIN2S/c11-7-5-10(9(13)6-8(7)12)14-1-3-15-4-2-14/h5-6H,1-4,13H2. The Kier molecular flexibility index (Phi) is 3.60. The first-order valence-corrected chi connectivity index (χ1v) is 6.99. The molecule has 1 aliphatic rings. The van der Waals surface area contributed by atoms with E-state index in [0.29, 0.717) is 9.26 Å². The first kappa shape index (κ1) is 11.3. The average molecular weight is 338 g/mol. The lowest BCUT2D eigenvalue weighted by molar-refractivity contribution is 0.619. The van der Waals surface area contributed by atoms with Crippen LogP contribution in [-0.4, -0.2) is 24.6 Å². The summed E-state index contributed by atoms with van der Waals surface area (Å²) in [6, 6.07) is 3.25. The minimum absolute atomic E-state index is 0.182. The molecule has 0 aromatic heterocycles. The number of anilines is 2. The highest BCUT2D eigenvalue weighted by Crippen LogP contribution is 2.29. The minimum Gasteiger partial charge on any atom is -0.397 e. The maximum atomic E-state index is 13.4. The third kappa shape index (κ3) is 2.50. The van der Waals surface area contributed by atoms with E-state index in [1.54, 1.807) is 12.1 Å². The molecular weight excluding hydrogens is 326 g/mol. The number of hydrogen-bond acceptors (Lipinski definition) is 3. The molecule has 2 N–H and O–H groups in total. The summed E-state index contributed by atoms with van der Waals surface area (Å²) < 4.78 is 14.0. The molecule has 0 saturated carbocycles. The Balaban J connectivity index is 2.30. The van der Waals surface area contributed by atoms with E-state index in [9.17, 15) is 4.39 Å². The molecule has 1 heterocycles. The fourth-order valence-corrected chi connectivity index (χ4v) is 3.02. The lowest BCUT2D eigenvalue weighted by Crippen LogP contribution is -2.33. The molecule has 0 unspecified atom stereocenters. The van der Waals surface area contributed by atoms with Crippen LogP contribution in [-0.2, 0) is 0 Å². The minimum atomic E-state index is -0.182. The zero-order valence-electron chi connectivity index (χ0n) is 8.17. The van der Waals surface area contributed by atoms with E-state index in [-0.39, 0.29) is 5.82 Å². The summed E-state index contributed by atoms with van der Waals surface area (Å²) in [5, 5.41) is 0. The predicted molar refractivity (Wildman–Crippen MR) is 73.1 cm³/mol. The molecule has 5 heteroatoms. The first-order chi connectivity index (χ1) is 7.18. The van der Waals surface area contributed by atoms with Gasteiger partial charge in [-0.05, 0) is 28.7 Å². The van der Waals surface area contributed by atoms with Crippen LogP contribution in [0.4, 0.5) is 15.8 Å².